The summed E-state index contributed by atoms with van der Waals surface area (Å²) in [5.74, 6) is -1.24. The van der Waals surface area contributed by atoms with Gasteiger partial charge in [-0.1, -0.05) is 0 Å². The number of carboxylic acid groups (broad SMARTS) is 1. The van der Waals surface area contributed by atoms with Gasteiger partial charge in [0.2, 0.25) is 0 Å². The summed E-state index contributed by atoms with van der Waals surface area (Å²) < 4.78 is -0.779. The fourth-order valence-electron chi connectivity index (χ4n) is 0.110. The Bertz CT molecular complexity index is 124. The lowest BCUT2D eigenvalue weighted by Gasteiger charge is -2.20. The number of thiol groups is 3. The van der Waals surface area contributed by atoms with Gasteiger partial charge in [-0.25, -0.2) is 4.79 Å². The normalized spacial score (nSPS) is 17.4. The van der Waals surface area contributed by atoms with Gasteiger partial charge in [0.1, 0.15) is 0 Å². The summed E-state index contributed by atoms with van der Waals surface area (Å²) in [4.78, 5) is 8.50. The molecule has 0 bridgehead atoms. The van der Waals surface area contributed by atoms with Gasteiger partial charge in [0, 0.05) is 0 Å². The minimum absolute atomic E-state index is 0.779. The third kappa shape index (κ3) is 2.29. The van der Waals surface area contributed by atoms with Gasteiger partial charge in [-0.15, -0.1) is 12.6 Å². The number of hydrogen-bond donors (Lipinski definition) is 5. The van der Waals surface area contributed by atoms with Gasteiger partial charge in [-0.3, -0.25) is 0 Å². The first kappa shape index (κ1) is 9.48. The summed E-state index contributed by atoms with van der Waals surface area (Å²) in [5, 5.41) is 8.31. The van der Waals surface area contributed by atoms with Gasteiger partial charge in [-0.05, 0) is 0 Å². The van der Waals surface area contributed by atoms with Gasteiger partial charge in [0.25, 0.3) is 0 Å². The quantitative estimate of drug-likeness (QED) is 0.307. The molecular formula is C3H7NO2S3. The van der Waals surface area contributed by atoms with Crippen LogP contribution in [0.15, 0.2) is 0 Å². The predicted molar refractivity (Wildman–Crippen MR) is 45.3 cm³/mol. The Morgan fingerprint density at radius 2 is 2.00 bits per heavy atom. The van der Waals surface area contributed by atoms with E-state index >= 15 is 0 Å². The smallest absolute Gasteiger partial charge is 0.336 e. The Balaban J connectivity index is 4.19. The standard InChI is InChI=1S/C3H7NO2S3/c4-3(9,1(5)6)2(7)8/h2,7-9H,4H2,(H,5,6). The molecule has 0 saturated carbocycles. The molecule has 1 unspecified atom stereocenters. The predicted octanol–water partition coefficient (Wildman–Crippen LogP) is -0.159. The summed E-state index contributed by atoms with van der Waals surface area (Å²) >= 11 is 11.0. The number of rotatable bonds is 2. The monoisotopic (exact) mass is 185 g/mol. The fraction of sp³-hybridized carbons (Fsp3) is 0.667. The molecule has 0 amide bonds. The molecule has 3 nitrogen and oxygen atoms in total. The molecule has 0 rings (SSSR count). The number of hydrogen-bond acceptors (Lipinski definition) is 5. The first-order chi connectivity index (χ1) is 3.89. The fourth-order valence-corrected chi connectivity index (χ4v) is 0.331. The second kappa shape index (κ2) is 3.05. The van der Waals surface area contributed by atoms with Crippen LogP contribution < -0.4 is 5.73 Å². The van der Waals surface area contributed by atoms with Crippen molar-refractivity contribution in [2.24, 2.45) is 5.73 Å². The van der Waals surface area contributed by atoms with Crippen LogP contribution >= 0.6 is 37.9 Å². The van der Waals surface area contributed by atoms with Crippen molar-refractivity contribution in [1.29, 1.82) is 0 Å². The van der Waals surface area contributed by atoms with Gasteiger partial charge < -0.3 is 10.8 Å². The molecule has 54 valence electrons. The van der Waals surface area contributed by atoms with Crippen molar-refractivity contribution in [3.05, 3.63) is 0 Å². The van der Waals surface area contributed by atoms with E-state index in [4.69, 9.17) is 10.8 Å². The van der Waals surface area contributed by atoms with E-state index in [2.05, 4.69) is 37.9 Å². The van der Waals surface area contributed by atoms with E-state index in [0.29, 0.717) is 0 Å². The summed E-state index contributed by atoms with van der Waals surface area (Å²) in [6.07, 6.45) is 0. The molecule has 0 saturated heterocycles. The van der Waals surface area contributed by atoms with Crippen LogP contribution in [0.4, 0.5) is 0 Å². The third-order valence-corrected chi connectivity index (χ3v) is 2.41. The Labute approximate surface area is 69.2 Å². The summed E-state index contributed by atoms with van der Waals surface area (Å²) in [7, 11) is 0. The van der Waals surface area contributed by atoms with E-state index in [1.54, 1.807) is 0 Å². The van der Waals surface area contributed by atoms with E-state index < -0.39 is 15.4 Å². The van der Waals surface area contributed by atoms with Gasteiger partial charge in [0.05, 0.1) is 4.58 Å². The topological polar surface area (TPSA) is 63.3 Å². The lowest BCUT2D eigenvalue weighted by molar-refractivity contribution is -0.139. The van der Waals surface area contributed by atoms with Crippen molar-refractivity contribution in [3.63, 3.8) is 0 Å². The minimum atomic E-state index is -1.66. The molecule has 0 aromatic rings. The minimum Gasteiger partial charge on any atom is -0.479 e. The molecular weight excluding hydrogens is 178 g/mol. The molecule has 0 aliphatic heterocycles. The second-order valence-corrected chi connectivity index (χ2v) is 3.68. The molecule has 0 spiro atoms. The first-order valence-corrected chi connectivity index (χ1v) is 3.48. The SMILES string of the molecule is NC(S)(C(=O)O)C(S)S. The number of aliphatic carboxylic acids is 1. The maximum absolute atomic E-state index is 10.2. The highest BCUT2D eigenvalue weighted by Gasteiger charge is 2.34. The number of carboxylic acids is 1. The highest BCUT2D eigenvalue weighted by Crippen LogP contribution is 2.20. The molecule has 9 heavy (non-hydrogen) atoms. The van der Waals surface area contributed by atoms with Crippen LogP contribution in [0.2, 0.25) is 0 Å². The van der Waals surface area contributed by atoms with Crippen LogP contribution in [-0.4, -0.2) is 20.5 Å². The summed E-state index contributed by atoms with van der Waals surface area (Å²) in [6.45, 7) is 0. The maximum Gasteiger partial charge on any atom is 0.336 e. The van der Waals surface area contributed by atoms with Gasteiger partial charge >= 0.3 is 5.97 Å². The van der Waals surface area contributed by atoms with E-state index in [-0.39, 0.29) is 0 Å². The van der Waals surface area contributed by atoms with Crippen LogP contribution in [0.5, 0.6) is 0 Å². The van der Waals surface area contributed by atoms with Crippen molar-refractivity contribution in [2.75, 3.05) is 0 Å². The average Bonchev–Trinajstić information content (AvgIpc) is 1.65. The third-order valence-electron chi connectivity index (χ3n) is 0.736. The highest BCUT2D eigenvalue weighted by molar-refractivity contribution is 8.01. The molecule has 0 fully saturated rings. The Hall–Kier alpha value is 0.480. The number of carbonyl (C=O) groups is 1. The van der Waals surface area contributed by atoms with Crippen molar-refractivity contribution < 1.29 is 9.90 Å². The molecule has 0 aliphatic carbocycles. The Kier molecular flexibility index (Phi) is 3.21. The Morgan fingerprint density at radius 1 is 1.67 bits per heavy atom. The van der Waals surface area contributed by atoms with Crippen LogP contribution in [0, 0.1) is 0 Å². The Morgan fingerprint density at radius 3 is 2.00 bits per heavy atom. The van der Waals surface area contributed by atoms with Crippen molar-refractivity contribution >= 4 is 43.9 Å². The lowest BCUT2D eigenvalue weighted by atomic mass is 10.3. The molecule has 0 aromatic carbocycles. The molecule has 0 radical (unpaired) electrons. The van der Waals surface area contributed by atoms with Crippen LogP contribution in [0.1, 0.15) is 0 Å². The van der Waals surface area contributed by atoms with E-state index in [0.717, 1.165) is 0 Å². The van der Waals surface area contributed by atoms with Gasteiger partial charge in [0.15, 0.2) is 4.87 Å². The highest BCUT2D eigenvalue weighted by atomic mass is 32.2. The van der Waals surface area contributed by atoms with E-state index in [1.165, 1.54) is 0 Å². The first-order valence-electron chi connectivity index (χ1n) is 2.00. The van der Waals surface area contributed by atoms with Gasteiger partial charge in [-0.2, -0.15) is 25.3 Å². The van der Waals surface area contributed by atoms with Crippen LogP contribution in [0.3, 0.4) is 0 Å². The lowest BCUT2D eigenvalue weighted by Crippen LogP contribution is -2.48. The summed E-state index contributed by atoms with van der Waals surface area (Å²) in [6, 6.07) is 0. The molecule has 6 heteroatoms. The summed E-state index contributed by atoms with van der Waals surface area (Å²) in [5.41, 5.74) is 5.11. The van der Waals surface area contributed by atoms with Crippen LogP contribution in [0.25, 0.3) is 0 Å². The van der Waals surface area contributed by atoms with Crippen LogP contribution in [-0.2, 0) is 4.79 Å². The number of nitrogens with two attached hydrogens (primary N) is 1. The second-order valence-electron chi connectivity index (χ2n) is 1.50. The van der Waals surface area contributed by atoms with Crippen molar-refractivity contribution in [3.8, 4) is 0 Å². The maximum atomic E-state index is 10.2. The van der Waals surface area contributed by atoms with E-state index in [9.17, 15) is 4.79 Å². The molecule has 1 atom stereocenters. The molecule has 0 aromatic heterocycles. The molecule has 0 heterocycles. The zero-order valence-electron chi connectivity index (χ0n) is 4.35. The van der Waals surface area contributed by atoms with E-state index in [1.807, 2.05) is 0 Å². The molecule has 3 N–H and O–H groups in total. The largest absolute Gasteiger partial charge is 0.479 e. The van der Waals surface area contributed by atoms with Crippen molar-refractivity contribution in [2.45, 2.75) is 9.45 Å². The average molecular weight is 185 g/mol. The zero-order valence-corrected chi connectivity index (χ0v) is 7.04. The zero-order chi connectivity index (χ0) is 7.65. The molecule has 0 aliphatic rings. The van der Waals surface area contributed by atoms with Crippen molar-refractivity contribution in [1.82, 2.24) is 0 Å².